The first kappa shape index (κ1) is 8.85. The third-order valence-corrected chi connectivity index (χ3v) is 2.67. The molecule has 1 saturated heterocycles. The van der Waals surface area contributed by atoms with E-state index in [1.807, 2.05) is 32.8 Å². The van der Waals surface area contributed by atoms with E-state index in [0.29, 0.717) is 0 Å². The Labute approximate surface area is 78.0 Å². The fourth-order valence-corrected chi connectivity index (χ4v) is 1.80. The smallest absolute Gasteiger partial charge is 0.302 e. The van der Waals surface area contributed by atoms with Crippen molar-refractivity contribution in [1.29, 1.82) is 0 Å². The second-order valence-corrected chi connectivity index (χ2v) is 3.79. The lowest BCUT2D eigenvalue weighted by atomic mass is 9.58. The van der Waals surface area contributed by atoms with Gasteiger partial charge in [0.25, 0.3) is 0 Å². The minimum absolute atomic E-state index is 0.134. The minimum Gasteiger partial charge on any atom is -0.559 e. The first-order valence-corrected chi connectivity index (χ1v) is 4.69. The molecule has 0 radical (unpaired) electrons. The Balaban J connectivity index is 2.24. The highest BCUT2D eigenvalue weighted by molar-refractivity contribution is 6.79. The highest BCUT2D eigenvalue weighted by Crippen LogP contribution is 2.24. The molecular formula is C9H14BO3-. The highest BCUT2D eigenvalue weighted by Gasteiger charge is 2.37. The van der Waals surface area contributed by atoms with Crippen molar-refractivity contribution in [2.24, 2.45) is 0 Å². The normalized spacial score (nSPS) is 39.6. The van der Waals surface area contributed by atoms with Crippen LogP contribution in [-0.4, -0.2) is 18.8 Å². The van der Waals surface area contributed by atoms with Crippen LogP contribution in [0.2, 0.25) is 6.82 Å². The molecule has 1 aromatic heterocycles. The molecule has 13 heavy (non-hydrogen) atoms. The van der Waals surface area contributed by atoms with Crippen LogP contribution in [-0.2, 0) is 9.31 Å². The molecule has 0 amide bonds. The fraction of sp³-hybridized carbons (Fsp3) is 0.556. The summed E-state index contributed by atoms with van der Waals surface area (Å²) in [5.41, 5.74) is 0.788. The molecule has 3 nitrogen and oxygen atoms in total. The van der Waals surface area contributed by atoms with E-state index in [-0.39, 0.29) is 12.2 Å². The Morgan fingerprint density at radius 3 is 2.31 bits per heavy atom. The summed E-state index contributed by atoms with van der Waals surface area (Å²) in [6, 6.07) is 3.74. The molecular weight excluding hydrogens is 167 g/mol. The largest absolute Gasteiger partial charge is 0.559 e. The molecule has 0 bridgehead atoms. The second kappa shape index (κ2) is 2.89. The van der Waals surface area contributed by atoms with Gasteiger partial charge in [-0.1, -0.05) is 6.07 Å². The van der Waals surface area contributed by atoms with E-state index in [1.165, 1.54) is 0 Å². The third-order valence-electron chi connectivity index (χ3n) is 2.67. The second-order valence-electron chi connectivity index (χ2n) is 3.79. The molecule has 0 aromatic carbocycles. The van der Waals surface area contributed by atoms with Gasteiger partial charge in [0.15, 0.2) is 0 Å². The summed E-state index contributed by atoms with van der Waals surface area (Å²) in [6.45, 7) is 4.59. The molecule has 2 atom stereocenters. The van der Waals surface area contributed by atoms with E-state index in [4.69, 9.17) is 13.7 Å². The van der Waals surface area contributed by atoms with Crippen molar-refractivity contribution in [3.05, 3.63) is 18.4 Å². The van der Waals surface area contributed by atoms with Crippen molar-refractivity contribution < 1.29 is 13.7 Å². The Morgan fingerprint density at radius 2 is 1.85 bits per heavy atom. The van der Waals surface area contributed by atoms with Gasteiger partial charge in [0.1, 0.15) is 0 Å². The number of hydrogen-bond acceptors (Lipinski definition) is 3. The molecule has 0 N–H and O–H groups in total. The van der Waals surface area contributed by atoms with Crippen LogP contribution >= 0.6 is 0 Å². The average molecular weight is 181 g/mol. The van der Waals surface area contributed by atoms with Crippen molar-refractivity contribution in [2.75, 3.05) is 0 Å². The number of furan rings is 1. The molecule has 72 valence electrons. The summed E-state index contributed by atoms with van der Waals surface area (Å²) >= 11 is 0. The van der Waals surface area contributed by atoms with Crippen molar-refractivity contribution in [1.82, 2.24) is 0 Å². The van der Waals surface area contributed by atoms with Crippen molar-refractivity contribution in [2.45, 2.75) is 32.9 Å². The van der Waals surface area contributed by atoms with Gasteiger partial charge in [0.2, 0.25) is 0 Å². The standard InChI is InChI=1S/C9H14BO3/c1-7-8(2)13-10(3,12-7)9-5-4-6-11-9/h4-8H,1-3H3/q-1. The van der Waals surface area contributed by atoms with E-state index in [9.17, 15) is 0 Å². The van der Waals surface area contributed by atoms with Crippen molar-refractivity contribution in [3.8, 4) is 0 Å². The predicted molar refractivity (Wildman–Crippen MR) is 51.1 cm³/mol. The lowest BCUT2D eigenvalue weighted by molar-refractivity contribution is 0.187. The van der Waals surface area contributed by atoms with Crippen LogP contribution in [0.1, 0.15) is 13.8 Å². The quantitative estimate of drug-likeness (QED) is 0.613. The molecule has 0 saturated carbocycles. The maximum absolute atomic E-state index is 5.75. The van der Waals surface area contributed by atoms with Gasteiger partial charge in [0.05, 0.1) is 6.26 Å². The van der Waals surface area contributed by atoms with E-state index in [1.54, 1.807) is 6.26 Å². The van der Waals surface area contributed by atoms with Gasteiger partial charge in [-0.25, -0.2) is 0 Å². The Hall–Kier alpha value is -0.735. The molecule has 1 fully saturated rings. The Bertz CT molecular complexity index is 273. The van der Waals surface area contributed by atoms with E-state index in [0.717, 1.165) is 5.66 Å². The van der Waals surface area contributed by atoms with Crippen LogP contribution in [0, 0.1) is 0 Å². The lowest BCUT2D eigenvalue weighted by Gasteiger charge is -2.28. The van der Waals surface area contributed by atoms with Gasteiger partial charge >= 0.3 is 6.55 Å². The van der Waals surface area contributed by atoms with Crippen LogP contribution in [0.4, 0.5) is 0 Å². The summed E-state index contributed by atoms with van der Waals surface area (Å²) in [5, 5.41) is 0. The SMILES string of the molecule is CC1O[B-](C)(c2ccco2)OC1C. The minimum atomic E-state index is -1.38. The molecule has 2 heterocycles. The molecule has 2 unspecified atom stereocenters. The van der Waals surface area contributed by atoms with Gasteiger partial charge < -0.3 is 13.7 Å². The van der Waals surface area contributed by atoms with Crippen LogP contribution in [0.15, 0.2) is 22.8 Å². The highest BCUT2D eigenvalue weighted by atomic mass is 16.7. The molecule has 0 aliphatic carbocycles. The maximum atomic E-state index is 5.75. The van der Waals surface area contributed by atoms with E-state index < -0.39 is 6.55 Å². The van der Waals surface area contributed by atoms with E-state index in [2.05, 4.69) is 0 Å². The fourth-order valence-electron chi connectivity index (χ4n) is 1.80. The first-order chi connectivity index (χ1) is 6.12. The zero-order chi connectivity index (χ0) is 9.47. The molecule has 1 aliphatic heterocycles. The summed E-state index contributed by atoms with van der Waals surface area (Å²) in [5.74, 6) is 0. The average Bonchev–Trinajstić information content (AvgIpc) is 2.61. The maximum Gasteiger partial charge on any atom is 0.302 e. The number of hydrogen-bond donors (Lipinski definition) is 0. The monoisotopic (exact) mass is 181 g/mol. The van der Waals surface area contributed by atoms with Gasteiger partial charge in [0, 0.05) is 17.9 Å². The van der Waals surface area contributed by atoms with Gasteiger partial charge in [-0.2, -0.15) is 0 Å². The number of rotatable bonds is 1. The first-order valence-electron chi connectivity index (χ1n) is 4.69. The van der Waals surface area contributed by atoms with Gasteiger partial charge in [-0.15, -0.1) is 6.82 Å². The summed E-state index contributed by atoms with van der Waals surface area (Å²) in [4.78, 5) is 0. The molecule has 4 heteroatoms. The van der Waals surface area contributed by atoms with Crippen LogP contribution < -0.4 is 5.66 Å². The van der Waals surface area contributed by atoms with E-state index >= 15 is 0 Å². The lowest BCUT2D eigenvalue weighted by Crippen LogP contribution is -2.46. The van der Waals surface area contributed by atoms with Crippen molar-refractivity contribution >= 4 is 12.2 Å². The molecule has 0 spiro atoms. The summed E-state index contributed by atoms with van der Waals surface area (Å²) in [7, 11) is 0. The summed E-state index contributed by atoms with van der Waals surface area (Å²) < 4.78 is 16.8. The van der Waals surface area contributed by atoms with Gasteiger partial charge in [-0.3, -0.25) is 0 Å². The predicted octanol–water partition coefficient (Wildman–Crippen LogP) is 1.38. The van der Waals surface area contributed by atoms with Crippen molar-refractivity contribution in [3.63, 3.8) is 0 Å². The topological polar surface area (TPSA) is 31.6 Å². The Morgan fingerprint density at radius 1 is 1.23 bits per heavy atom. The zero-order valence-electron chi connectivity index (χ0n) is 8.19. The summed E-state index contributed by atoms with van der Waals surface area (Å²) in [6.07, 6.45) is 1.91. The zero-order valence-corrected chi connectivity index (χ0v) is 8.19. The van der Waals surface area contributed by atoms with Crippen LogP contribution in [0.3, 0.4) is 0 Å². The molecule has 2 rings (SSSR count). The van der Waals surface area contributed by atoms with Gasteiger partial charge in [-0.05, 0) is 19.9 Å². The molecule has 1 aliphatic rings. The Kier molecular flexibility index (Phi) is 1.97. The van der Waals surface area contributed by atoms with Crippen LogP contribution in [0.5, 0.6) is 0 Å². The van der Waals surface area contributed by atoms with Crippen LogP contribution in [0.25, 0.3) is 0 Å². The third kappa shape index (κ3) is 1.40. The molecule has 1 aromatic rings.